The summed E-state index contributed by atoms with van der Waals surface area (Å²) in [5, 5.41) is 3.89. The average molecular weight is 270 g/mol. The molecule has 0 aromatic rings. The van der Waals surface area contributed by atoms with Crippen LogP contribution in [-0.2, 0) is 0 Å². The van der Waals surface area contributed by atoms with Crippen molar-refractivity contribution in [3.05, 3.63) is 11.3 Å². The Morgan fingerprint density at radius 3 is 2.24 bits per heavy atom. The largest absolute Gasteiger partial charge is 0.317 e. The predicted molar refractivity (Wildman–Crippen MR) is 84.8 cm³/mol. The maximum atomic E-state index is 3.89. The van der Waals surface area contributed by atoms with Crippen LogP contribution in [0.2, 0.25) is 19.6 Å². The van der Waals surface area contributed by atoms with Gasteiger partial charge in [0, 0.05) is 13.6 Å². The number of allylic oxidation sites excluding steroid dienone is 1. The number of rotatable bonds is 5. The molecule has 1 nitrogen and oxygen atoms in total. The minimum Gasteiger partial charge on any atom is -0.317 e. The molecule has 0 aromatic carbocycles. The van der Waals surface area contributed by atoms with Crippen molar-refractivity contribution < 1.29 is 0 Å². The molecule has 1 atom stereocenters. The van der Waals surface area contributed by atoms with E-state index in [1.54, 1.807) is 0 Å². The van der Waals surface area contributed by atoms with Crippen LogP contribution in [0.4, 0.5) is 0 Å². The van der Waals surface area contributed by atoms with Gasteiger partial charge < -0.3 is 5.32 Å². The molecule has 0 aliphatic heterocycles. The maximum absolute atomic E-state index is 3.89. The predicted octanol–water partition coefficient (Wildman–Crippen LogP) is 3.60. The zero-order chi connectivity index (χ0) is 12.9. The fourth-order valence-corrected chi connectivity index (χ4v) is 9.93. The lowest BCUT2D eigenvalue weighted by Gasteiger charge is -2.29. The van der Waals surface area contributed by atoms with Crippen molar-refractivity contribution in [3.63, 3.8) is 0 Å². The molecule has 0 saturated heterocycles. The second-order valence-electron chi connectivity index (χ2n) is 6.96. The molecule has 1 saturated carbocycles. The van der Waals surface area contributed by atoms with Gasteiger partial charge in [0.05, 0.1) is 8.31 Å². The Morgan fingerprint density at radius 1 is 1.18 bits per heavy atom. The van der Waals surface area contributed by atoms with Crippen LogP contribution in [0.25, 0.3) is 0 Å². The molecule has 17 heavy (non-hydrogen) atoms. The van der Waals surface area contributed by atoms with Crippen molar-refractivity contribution in [2.24, 2.45) is 0 Å². The fourth-order valence-electron chi connectivity index (χ4n) is 2.62. The highest BCUT2D eigenvalue weighted by molar-refractivity contribution is 7.33. The van der Waals surface area contributed by atoms with Crippen LogP contribution in [0, 0.1) is 0 Å². The minimum absolute atomic E-state index is 0.685. The second kappa shape index (κ2) is 6.90. The third-order valence-corrected chi connectivity index (χ3v) is 15.6. The first-order valence-corrected chi connectivity index (χ1v) is 14.1. The van der Waals surface area contributed by atoms with Crippen LogP contribution in [0.1, 0.15) is 46.0 Å². The molecule has 0 amide bonds. The lowest BCUT2D eigenvalue weighted by molar-refractivity contribution is 0.389. The number of nitrogens with one attached hydrogen (secondary N) is 1. The molecule has 0 bridgehead atoms. The summed E-state index contributed by atoms with van der Waals surface area (Å²) in [6.45, 7) is 12.2. The molecular formula is C14H31NSi2. The van der Waals surface area contributed by atoms with Crippen molar-refractivity contribution in [2.75, 3.05) is 6.17 Å². The highest BCUT2D eigenvalue weighted by Gasteiger charge is 2.27. The summed E-state index contributed by atoms with van der Waals surface area (Å²) >= 11 is 0. The summed E-state index contributed by atoms with van der Waals surface area (Å²) in [5.74, 6) is 0. The van der Waals surface area contributed by atoms with E-state index in [0.29, 0.717) is 0 Å². The summed E-state index contributed by atoms with van der Waals surface area (Å²) in [6.07, 6.45) is 8.52. The normalized spacial score (nSPS) is 20.1. The van der Waals surface area contributed by atoms with Crippen molar-refractivity contribution in [1.82, 2.24) is 5.32 Å². The lowest BCUT2D eigenvalue weighted by atomic mass is 9.96. The van der Waals surface area contributed by atoms with Gasteiger partial charge in [-0.25, -0.2) is 0 Å². The SMILES string of the molecule is CC(C)=C[SiH](CNC1CCCCC1)[Si](C)(C)C. The van der Waals surface area contributed by atoms with Gasteiger partial charge in [0.25, 0.3) is 0 Å². The Morgan fingerprint density at radius 2 is 1.76 bits per heavy atom. The third kappa shape index (κ3) is 6.02. The van der Waals surface area contributed by atoms with Crippen LogP contribution in [0.3, 0.4) is 0 Å². The van der Waals surface area contributed by atoms with E-state index >= 15 is 0 Å². The standard InChI is InChI=1S/C14H31NSi2/c1-13(2)11-16(17(3,4)5)12-15-14-9-7-6-8-10-14/h11,14-16H,6-10,12H2,1-5H3. The van der Waals surface area contributed by atoms with E-state index in [1.165, 1.54) is 43.8 Å². The zero-order valence-corrected chi connectivity index (χ0v) is 14.6. The Kier molecular flexibility index (Phi) is 6.17. The van der Waals surface area contributed by atoms with E-state index in [0.717, 1.165) is 6.04 Å². The second-order valence-corrected chi connectivity index (χ2v) is 21.1. The lowest BCUT2D eigenvalue weighted by Crippen LogP contribution is -2.51. The van der Waals surface area contributed by atoms with Gasteiger partial charge in [-0.2, -0.15) is 0 Å². The number of hydrogen-bond acceptors (Lipinski definition) is 1. The molecule has 1 N–H and O–H groups in total. The highest BCUT2D eigenvalue weighted by Crippen LogP contribution is 2.18. The van der Waals surface area contributed by atoms with Gasteiger partial charge in [0.15, 0.2) is 0 Å². The molecule has 0 spiro atoms. The molecular weight excluding hydrogens is 238 g/mol. The molecule has 0 radical (unpaired) electrons. The van der Waals surface area contributed by atoms with Crippen LogP contribution >= 0.6 is 0 Å². The van der Waals surface area contributed by atoms with Gasteiger partial charge in [-0.3, -0.25) is 0 Å². The molecule has 0 heterocycles. The summed E-state index contributed by atoms with van der Waals surface area (Å²) in [5.41, 5.74) is 4.18. The first-order chi connectivity index (χ1) is 7.89. The van der Waals surface area contributed by atoms with E-state index in [4.69, 9.17) is 0 Å². The van der Waals surface area contributed by atoms with Crippen molar-refractivity contribution in [1.29, 1.82) is 0 Å². The van der Waals surface area contributed by atoms with Crippen LogP contribution in [0.5, 0.6) is 0 Å². The minimum atomic E-state index is -0.934. The summed E-state index contributed by atoms with van der Waals surface area (Å²) in [7, 11) is -1.62. The summed E-state index contributed by atoms with van der Waals surface area (Å²) in [6, 6.07) is 0.834. The Labute approximate surface area is 110 Å². The third-order valence-electron chi connectivity index (χ3n) is 3.88. The first kappa shape index (κ1) is 15.2. The molecule has 1 rings (SSSR count). The number of hydrogen-bond donors (Lipinski definition) is 1. The van der Waals surface area contributed by atoms with E-state index in [9.17, 15) is 0 Å². The molecule has 1 aliphatic carbocycles. The Balaban J connectivity index is 2.46. The van der Waals surface area contributed by atoms with Crippen molar-refractivity contribution >= 4 is 15.9 Å². The van der Waals surface area contributed by atoms with Crippen molar-refractivity contribution in [3.8, 4) is 0 Å². The Bertz CT molecular complexity index is 245. The quantitative estimate of drug-likeness (QED) is 0.752. The molecule has 100 valence electrons. The Hall–Kier alpha value is 0.134. The highest BCUT2D eigenvalue weighted by atomic mass is 29.2. The van der Waals surface area contributed by atoms with E-state index in [2.05, 4.69) is 44.5 Å². The monoisotopic (exact) mass is 269 g/mol. The van der Waals surface area contributed by atoms with Gasteiger partial charge in [-0.1, -0.05) is 44.5 Å². The summed E-state index contributed by atoms with van der Waals surface area (Å²) in [4.78, 5) is 0. The molecule has 3 heteroatoms. The van der Waals surface area contributed by atoms with Crippen LogP contribution < -0.4 is 5.32 Å². The molecule has 1 unspecified atom stereocenters. The van der Waals surface area contributed by atoms with E-state index in [-0.39, 0.29) is 0 Å². The fraction of sp³-hybridized carbons (Fsp3) is 0.857. The van der Waals surface area contributed by atoms with E-state index in [1.807, 2.05) is 0 Å². The first-order valence-electron chi connectivity index (χ1n) is 7.28. The zero-order valence-electron chi connectivity index (χ0n) is 12.5. The topological polar surface area (TPSA) is 12.0 Å². The van der Waals surface area contributed by atoms with E-state index < -0.39 is 15.9 Å². The van der Waals surface area contributed by atoms with Gasteiger partial charge in [-0.15, -0.1) is 5.70 Å². The molecule has 1 aliphatic rings. The maximum Gasteiger partial charge on any atom is 0.0701 e. The van der Waals surface area contributed by atoms with Gasteiger partial charge >= 0.3 is 0 Å². The average Bonchev–Trinajstić information content (AvgIpc) is 2.23. The van der Waals surface area contributed by atoms with Gasteiger partial charge in [0.1, 0.15) is 0 Å². The molecule has 0 aromatic heterocycles. The van der Waals surface area contributed by atoms with Crippen LogP contribution in [-0.4, -0.2) is 28.1 Å². The van der Waals surface area contributed by atoms with Crippen LogP contribution in [0.15, 0.2) is 11.3 Å². The molecule has 1 fully saturated rings. The smallest absolute Gasteiger partial charge is 0.0701 e. The summed E-state index contributed by atoms with van der Waals surface area (Å²) < 4.78 is 0. The van der Waals surface area contributed by atoms with Gasteiger partial charge in [-0.05, 0) is 32.9 Å². The van der Waals surface area contributed by atoms with Crippen molar-refractivity contribution in [2.45, 2.75) is 71.6 Å². The van der Waals surface area contributed by atoms with Gasteiger partial charge in [0.2, 0.25) is 0 Å².